The van der Waals surface area contributed by atoms with Gasteiger partial charge in [0.15, 0.2) is 0 Å². The molecule has 0 aromatic heterocycles. The Kier molecular flexibility index (Phi) is 4.28. The van der Waals surface area contributed by atoms with Crippen LogP contribution in [0.3, 0.4) is 0 Å². The summed E-state index contributed by atoms with van der Waals surface area (Å²) in [5, 5.41) is 2.86. The molecule has 0 saturated carbocycles. The molecule has 0 radical (unpaired) electrons. The molecule has 5 heteroatoms. The first-order chi connectivity index (χ1) is 11.2. The number of rotatable bonds is 4. The van der Waals surface area contributed by atoms with Gasteiger partial charge in [-0.3, -0.25) is 9.59 Å². The molecule has 1 N–H and O–H groups in total. The fourth-order valence-electron chi connectivity index (χ4n) is 2.67. The Hall–Kier alpha value is -2.82. The number of ether oxygens (including phenoxy) is 1. The quantitative estimate of drug-likeness (QED) is 0.944. The second kappa shape index (κ2) is 6.52. The number of amides is 2. The van der Waals surface area contributed by atoms with Gasteiger partial charge in [0.1, 0.15) is 5.75 Å². The fraction of sp³-hybridized carbons (Fsp3) is 0.222. The van der Waals surface area contributed by atoms with Gasteiger partial charge in [-0.1, -0.05) is 18.2 Å². The van der Waals surface area contributed by atoms with Crippen molar-refractivity contribution in [2.24, 2.45) is 0 Å². The van der Waals surface area contributed by atoms with Crippen molar-refractivity contribution in [3.63, 3.8) is 0 Å². The zero-order chi connectivity index (χ0) is 16.2. The molecule has 5 nitrogen and oxygen atoms in total. The van der Waals surface area contributed by atoms with Gasteiger partial charge in [-0.05, 0) is 36.8 Å². The van der Waals surface area contributed by atoms with Gasteiger partial charge in [0.05, 0.1) is 12.8 Å². The zero-order valence-corrected chi connectivity index (χ0v) is 12.9. The van der Waals surface area contributed by atoms with Crippen LogP contribution in [0.1, 0.15) is 23.2 Å². The Balaban J connectivity index is 1.86. The van der Waals surface area contributed by atoms with Crippen LogP contribution in [0.25, 0.3) is 0 Å². The Bertz CT molecular complexity index is 728. The summed E-state index contributed by atoms with van der Waals surface area (Å²) in [5.74, 6) is 0.516. The molecule has 23 heavy (non-hydrogen) atoms. The maximum absolute atomic E-state index is 12.2. The Labute approximate surface area is 134 Å². The summed E-state index contributed by atoms with van der Waals surface area (Å²) in [5.41, 5.74) is 1.91. The number of carbonyl (C=O) groups excluding carboxylic acids is 2. The van der Waals surface area contributed by atoms with Crippen molar-refractivity contribution in [2.45, 2.75) is 12.8 Å². The minimum Gasteiger partial charge on any atom is -0.495 e. The predicted octanol–water partition coefficient (Wildman–Crippen LogP) is 3.07. The van der Waals surface area contributed by atoms with Crippen LogP contribution in [0.5, 0.6) is 5.75 Å². The van der Waals surface area contributed by atoms with Crippen LogP contribution in [0.2, 0.25) is 0 Å². The van der Waals surface area contributed by atoms with E-state index < -0.39 is 0 Å². The lowest BCUT2D eigenvalue weighted by molar-refractivity contribution is -0.117. The first-order valence-corrected chi connectivity index (χ1v) is 7.54. The van der Waals surface area contributed by atoms with Gasteiger partial charge in [0.25, 0.3) is 5.91 Å². The van der Waals surface area contributed by atoms with E-state index in [1.54, 1.807) is 42.3 Å². The highest BCUT2D eigenvalue weighted by atomic mass is 16.5. The second-order valence-electron chi connectivity index (χ2n) is 5.36. The zero-order valence-electron chi connectivity index (χ0n) is 12.9. The summed E-state index contributed by atoms with van der Waals surface area (Å²) in [6.45, 7) is 0.672. The number of hydrogen-bond donors (Lipinski definition) is 1. The molecule has 1 saturated heterocycles. The summed E-state index contributed by atoms with van der Waals surface area (Å²) in [7, 11) is 1.57. The lowest BCUT2D eigenvalue weighted by Crippen LogP contribution is -2.24. The van der Waals surface area contributed by atoms with Crippen molar-refractivity contribution < 1.29 is 14.3 Å². The van der Waals surface area contributed by atoms with Crippen molar-refractivity contribution in [1.29, 1.82) is 0 Å². The van der Waals surface area contributed by atoms with E-state index in [4.69, 9.17) is 4.74 Å². The van der Waals surface area contributed by atoms with Crippen LogP contribution in [0, 0.1) is 0 Å². The maximum atomic E-state index is 12.2. The molecule has 2 aromatic rings. The molecule has 0 aliphatic carbocycles. The Morgan fingerprint density at radius 1 is 1.17 bits per heavy atom. The molecule has 0 bridgehead atoms. The van der Waals surface area contributed by atoms with E-state index in [0.717, 1.165) is 6.42 Å². The summed E-state index contributed by atoms with van der Waals surface area (Å²) in [4.78, 5) is 25.9. The average Bonchev–Trinajstić information content (AvgIpc) is 3.01. The lowest BCUT2D eigenvalue weighted by Gasteiger charge is -2.20. The average molecular weight is 310 g/mol. The molecule has 118 valence electrons. The third-order valence-electron chi connectivity index (χ3n) is 3.84. The Morgan fingerprint density at radius 2 is 1.96 bits per heavy atom. The van der Waals surface area contributed by atoms with Crippen molar-refractivity contribution >= 4 is 23.2 Å². The molecule has 3 rings (SSSR count). The molecular formula is C18H18N2O3. The normalized spacial score (nSPS) is 14.0. The van der Waals surface area contributed by atoms with Crippen molar-refractivity contribution in [2.75, 3.05) is 23.9 Å². The number of carbonyl (C=O) groups is 2. The van der Waals surface area contributed by atoms with Gasteiger partial charge in [-0.15, -0.1) is 0 Å². The number of methoxy groups -OCH3 is 1. The number of anilines is 2. The number of nitrogens with zero attached hydrogens (tertiary/aromatic N) is 1. The highest BCUT2D eigenvalue weighted by Gasteiger charge is 2.24. The topological polar surface area (TPSA) is 58.6 Å². The van der Waals surface area contributed by atoms with Crippen molar-refractivity contribution in [3.8, 4) is 5.75 Å². The third kappa shape index (κ3) is 3.18. The lowest BCUT2D eigenvalue weighted by atomic mass is 10.2. The molecular weight excluding hydrogens is 292 g/mol. The molecule has 2 aromatic carbocycles. The van der Waals surface area contributed by atoms with Crippen LogP contribution in [0.4, 0.5) is 11.4 Å². The van der Waals surface area contributed by atoms with Gasteiger partial charge < -0.3 is 15.0 Å². The van der Waals surface area contributed by atoms with Crippen molar-refractivity contribution in [3.05, 3.63) is 54.1 Å². The van der Waals surface area contributed by atoms with E-state index in [-0.39, 0.29) is 11.8 Å². The predicted molar refractivity (Wildman–Crippen MR) is 89.0 cm³/mol. The maximum Gasteiger partial charge on any atom is 0.255 e. The monoisotopic (exact) mass is 310 g/mol. The standard InChI is InChI=1S/C18H18N2O3/c1-23-16-10-9-14(12-15(16)20-11-5-8-17(20)21)19-18(22)13-6-3-2-4-7-13/h2-4,6-7,9-10,12H,5,8,11H2,1H3,(H,19,22). The van der Waals surface area contributed by atoms with E-state index in [9.17, 15) is 9.59 Å². The van der Waals surface area contributed by atoms with Gasteiger partial charge in [0.2, 0.25) is 5.91 Å². The molecule has 2 amide bonds. The van der Waals surface area contributed by atoms with Gasteiger partial charge in [-0.25, -0.2) is 0 Å². The van der Waals surface area contributed by atoms with E-state index in [1.165, 1.54) is 0 Å². The molecule has 0 atom stereocenters. The summed E-state index contributed by atoms with van der Waals surface area (Å²) in [6, 6.07) is 14.3. The summed E-state index contributed by atoms with van der Waals surface area (Å²) < 4.78 is 5.34. The number of benzene rings is 2. The molecule has 0 spiro atoms. The largest absolute Gasteiger partial charge is 0.495 e. The van der Waals surface area contributed by atoms with Crippen LogP contribution in [0.15, 0.2) is 48.5 Å². The summed E-state index contributed by atoms with van der Waals surface area (Å²) >= 11 is 0. The summed E-state index contributed by atoms with van der Waals surface area (Å²) in [6.07, 6.45) is 1.38. The molecule has 1 aliphatic heterocycles. The van der Waals surface area contributed by atoms with Crippen LogP contribution < -0.4 is 15.0 Å². The van der Waals surface area contributed by atoms with Gasteiger partial charge in [0, 0.05) is 24.2 Å². The number of hydrogen-bond acceptors (Lipinski definition) is 3. The highest BCUT2D eigenvalue weighted by Crippen LogP contribution is 2.34. The first-order valence-electron chi connectivity index (χ1n) is 7.54. The minimum absolute atomic E-state index is 0.0786. The van der Waals surface area contributed by atoms with E-state index in [1.807, 2.05) is 18.2 Å². The molecule has 0 unspecified atom stereocenters. The highest BCUT2D eigenvalue weighted by molar-refractivity contribution is 6.05. The molecule has 1 aliphatic rings. The fourth-order valence-corrected chi connectivity index (χ4v) is 2.67. The Morgan fingerprint density at radius 3 is 2.61 bits per heavy atom. The SMILES string of the molecule is COc1ccc(NC(=O)c2ccccc2)cc1N1CCCC1=O. The third-order valence-corrected chi connectivity index (χ3v) is 3.84. The van der Waals surface area contributed by atoms with E-state index >= 15 is 0 Å². The van der Waals surface area contributed by atoms with Crippen LogP contribution in [-0.4, -0.2) is 25.5 Å². The van der Waals surface area contributed by atoms with Crippen molar-refractivity contribution in [1.82, 2.24) is 0 Å². The van der Waals surface area contributed by atoms with Crippen LogP contribution >= 0.6 is 0 Å². The second-order valence-corrected chi connectivity index (χ2v) is 5.36. The van der Waals surface area contributed by atoms with E-state index in [0.29, 0.717) is 35.7 Å². The first kappa shape index (κ1) is 15.1. The minimum atomic E-state index is -0.186. The molecule has 1 fully saturated rings. The van der Waals surface area contributed by atoms with Crippen LogP contribution in [-0.2, 0) is 4.79 Å². The molecule has 1 heterocycles. The van der Waals surface area contributed by atoms with Gasteiger partial charge in [-0.2, -0.15) is 0 Å². The smallest absolute Gasteiger partial charge is 0.255 e. The number of nitrogens with one attached hydrogen (secondary N) is 1. The van der Waals surface area contributed by atoms with Gasteiger partial charge >= 0.3 is 0 Å². The van der Waals surface area contributed by atoms with E-state index in [2.05, 4.69) is 5.32 Å².